The van der Waals surface area contributed by atoms with Crippen LogP contribution in [0.4, 0.5) is 0 Å². The van der Waals surface area contributed by atoms with Crippen molar-refractivity contribution < 1.29 is 27.5 Å². The maximum absolute atomic E-state index is 13.0. The monoisotopic (exact) mass is 456 g/mol. The molecule has 0 aromatic heterocycles. The normalized spacial score (nSPS) is 13.8. The summed E-state index contributed by atoms with van der Waals surface area (Å²) in [6.07, 6.45) is 0. The Kier molecular flexibility index (Phi) is 4.91. The molecule has 1 aliphatic rings. The average molecular weight is 456 g/mol. The van der Waals surface area contributed by atoms with Gasteiger partial charge in [0.2, 0.25) is 15.6 Å². The molecule has 0 unspecified atom stereocenters. The van der Waals surface area contributed by atoms with E-state index in [-0.39, 0.29) is 32.3 Å². The largest absolute Gasteiger partial charge is 0.454 e. The van der Waals surface area contributed by atoms with Crippen molar-refractivity contribution >= 4 is 38.1 Å². The number of carbonyl (C=O) groups is 3. The second-order valence-electron chi connectivity index (χ2n) is 7.57. The van der Waals surface area contributed by atoms with Crippen LogP contribution in [0, 0.1) is 0 Å². The van der Waals surface area contributed by atoms with Gasteiger partial charge in [0.1, 0.15) is 0 Å². The molecule has 0 saturated carbocycles. The molecular formula is C26H16O6S. The molecule has 0 spiro atoms. The number of fused-ring (bicyclic) bond motifs is 3. The zero-order valence-corrected chi connectivity index (χ0v) is 18.0. The summed E-state index contributed by atoms with van der Waals surface area (Å²) in [5.74, 6) is -1.66. The molecule has 0 radical (unpaired) electrons. The summed E-state index contributed by atoms with van der Waals surface area (Å²) >= 11 is 0. The second-order valence-corrected chi connectivity index (χ2v) is 9.45. The van der Waals surface area contributed by atoms with E-state index in [9.17, 15) is 22.8 Å². The van der Waals surface area contributed by atoms with Gasteiger partial charge in [-0.05, 0) is 41.1 Å². The van der Waals surface area contributed by atoms with Crippen molar-refractivity contribution in [1.29, 1.82) is 0 Å². The van der Waals surface area contributed by atoms with Gasteiger partial charge in [0.25, 0.3) is 0 Å². The maximum atomic E-state index is 13.0. The first-order valence-corrected chi connectivity index (χ1v) is 11.6. The fourth-order valence-electron chi connectivity index (χ4n) is 3.97. The van der Waals surface area contributed by atoms with E-state index in [1.165, 1.54) is 30.3 Å². The summed E-state index contributed by atoms with van der Waals surface area (Å²) in [6.45, 7) is -0.502. The van der Waals surface area contributed by atoms with E-state index in [1.54, 1.807) is 18.2 Å². The number of esters is 1. The fraction of sp³-hybridized carbons (Fsp3) is 0.0385. The number of hydrogen-bond donors (Lipinski definition) is 0. The van der Waals surface area contributed by atoms with Gasteiger partial charge in [-0.3, -0.25) is 9.59 Å². The van der Waals surface area contributed by atoms with Crippen molar-refractivity contribution in [3.8, 4) is 0 Å². The van der Waals surface area contributed by atoms with Gasteiger partial charge in [0, 0.05) is 16.7 Å². The third kappa shape index (κ3) is 3.43. The van der Waals surface area contributed by atoms with E-state index in [1.807, 2.05) is 30.3 Å². The van der Waals surface area contributed by atoms with Crippen molar-refractivity contribution in [3.05, 3.63) is 107 Å². The highest BCUT2D eigenvalue weighted by Crippen LogP contribution is 2.34. The van der Waals surface area contributed by atoms with Crippen LogP contribution < -0.4 is 0 Å². The first-order valence-electron chi connectivity index (χ1n) is 10.1. The Balaban J connectivity index is 1.41. The van der Waals surface area contributed by atoms with Gasteiger partial charge in [-0.25, -0.2) is 13.2 Å². The number of ketones is 2. The van der Waals surface area contributed by atoms with E-state index < -0.39 is 28.2 Å². The van der Waals surface area contributed by atoms with E-state index in [2.05, 4.69) is 0 Å². The van der Waals surface area contributed by atoms with E-state index in [0.29, 0.717) is 5.56 Å². The second kappa shape index (κ2) is 7.79. The minimum Gasteiger partial charge on any atom is -0.454 e. The van der Waals surface area contributed by atoms with Crippen molar-refractivity contribution in [2.45, 2.75) is 9.79 Å². The first kappa shape index (κ1) is 20.8. The predicted octanol–water partition coefficient (Wildman–Crippen LogP) is 4.26. The first-order chi connectivity index (χ1) is 15.9. The molecule has 1 aliphatic heterocycles. The van der Waals surface area contributed by atoms with Gasteiger partial charge in [-0.1, -0.05) is 54.6 Å². The number of rotatable bonds is 4. The molecule has 0 bridgehead atoms. The molecule has 162 valence electrons. The Bertz CT molecular complexity index is 1580. The minimum atomic E-state index is -3.98. The Hall–Kier alpha value is -4.10. The van der Waals surface area contributed by atoms with Crippen LogP contribution in [0.5, 0.6) is 0 Å². The smallest absolute Gasteiger partial charge is 0.338 e. The molecular weight excluding hydrogens is 440 g/mol. The molecule has 0 saturated heterocycles. The molecule has 0 aliphatic carbocycles. The number of Topliss-reactive ketones (excluding diaryl/α,β-unsaturated/α-hetero) is 1. The van der Waals surface area contributed by atoms with Gasteiger partial charge in [0.05, 0.1) is 15.4 Å². The van der Waals surface area contributed by atoms with Crippen LogP contribution in [0.3, 0.4) is 0 Å². The molecule has 5 rings (SSSR count). The Morgan fingerprint density at radius 1 is 0.758 bits per heavy atom. The summed E-state index contributed by atoms with van der Waals surface area (Å²) in [6, 6.07) is 22.4. The molecule has 0 amide bonds. The third-order valence-electron chi connectivity index (χ3n) is 5.60. The molecule has 4 aromatic carbocycles. The van der Waals surface area contributed by atoms with Crippen LogP contribution in [0.15, 0.2) is 94.7 Å². The lowest BCUT2D eigenvalue weighted by atomic mass is 10.0. The van der Waals surface area contributed by atoms with E-state index >= 15 is 0 Å². The number of hydrogen-bond acceptors (Lipinski definition) is 6. The lowest BCUT2D eigenvalue weighted by molar-refractivity contribution is 0.0475. The molecule has 7 heteroatoms. The maximum Gasteiger partial charge on any atom is 0.338 e. The zero-order chi connectivity index (χ0) is 23.2. The van der Waals surface area contributed by atoms with Gasteiger partial charge in [-0.15, -0.1) is 0 Å². The Morgan fingerprint density at radius 3 is 2.30 bits per heavy atom. The van der Waals surface area contributed by atoms with Crippen LogP contribution >= 0.6 is 0 Å². The predicted molar refractivity (Wildman–Crippen MR) is 120 cm³/mol. The van der Waals surface area contributed by atoms with Crippen LogP contribution in [0.1, 0.15) is 36.6 Å². The number of carbonyl (C=O) groups excluding carboxylic acids is 3. The van der Waals surface area contributed by atoms with Crippen LogP contribution in [-0.4, -0.2) is 32.6 Å². The summed E-state index contributed by atoms with van der Waals surface area (Å²) < 4.78 is 31.2. The molecule has 0 N–H and O–H groups in total. The van der Waals surface area contributed by atoms with Crippen LogP contribution in [0.25, 0.3) is 10.8 Å². The number of benzene rings is 4. The molecule has 33 heavy (non-hydrogen) atoms. The zero-order valence-electron chi connectivity index (χ0n) is 17.1. The lowest BCUT2D eigenvalue weighted by Crippen LogP contribution is -2.21. The highest BCUT2D eigenvalue weighted by Gasteiger charge is 2.35. The van der Waals surface area contributed by atoms with Crippen LogP contribution in [-0.2, 0) is 14.6 Å². The third-order valence-corrected chi connectivity index (χ3v) is 7.45. The van der Waals surface area contributed by atoms with Crippen LogP contribution in [0.2, 0.25) is 0 Å². The minimum absolute atomic E-state index is 0.00270. The average Bonchev–Trinajstić information content (AvgIpc) is 2.85. The van der Waals surface area contributed by atoms with Crippen molar-refractivity contribution in [1.82, 2.24) is 0 Å². The van der Waals surface area contributed by atoms with Crippen molar-refractivity contribution in [2.24, 2.45) is 0 Å². The topological polar surface area (TPSA) is 94.6 Å². The molecule has 6 nitrogen and oxygen atoms in total. The Morgan fingerprint density at radius 2 is 1.45 bits per heavy atom. The van der Waals surface area contributed by atoms with Crippen molar-refractivity contribution in [2.75, 3.05) is 6.61 Å². The highest BCUT2D eigenvalue weighted by atomic mass is 32.2. The highest BCUT2D eigenvalue weighted by molar-refractivity contribution is 7.91. The summed E-state index contributed by atoms with van der Waals surface area (Å²) in [4.78, 5) is 37.7. The van der Waals surface area contributed by atoms with Gasteiger partial charge in [-0.2, -0.15) is 0 Å². The number of sulfone groups is 1. The summed E-state index contributed by atoms with van der Waals surface area (Å²) in [7, 11) is -3.98. The van der Waals surface area contributed by atoms with Gasteiger partial charge >= 0.3 is 5.97 Å². The quantitative estimate of drug-likeness (QED) is 0.296. The Labute approximate surface area is 189 Å². The SMILES string of the molecule is O=C(OCC(=O)c1cccc2ccccc12)c1ccc2c(c1)S(=O)(=O)c1ccccc1C2=O. The van der Waals surface area contributed by atoms with E-state index in [4.69, 9.17) is 4.74 Å². The van der Waals surface area contributed by atoms with Crippen molar-refractivity contribution in [3.63, 3.8) is 0 Å². The summed E-state index contributed by atoms with van der Waals surface area (Å²) in [5, 5.41) is 1.64. The van der Waals surface area contributed by atoms with E-state index in [0.717, 1.165) is 16.8 Å². The molecule has 0 fully saturated rings. The van der Waals surface area contributed by atoms with Gasteiger partial charge in [0.15, 0.2) is 12.4 Å². The molecule has 1 heterocycles. The fourth-order valence-corrected chi connectivity index (χ4v) is 5.65. The van der Waals surface area contributed by atoms with Gasteiger partial charge < -0.3 is 4.74 Å². The molecule has 4 aromatic rings. The number of ether oxygens (including phenoxy) is 1. The lowest BCUT2D eigenvalue weighted by Gasteiger charge is -2.19. The standard InChI is InChI=1S/C26H16O6S/c27-22(19-10-5-7-16-6-1-2-8-18(16)19)15-32-26(29)17-12-13-21-24(14-17)33(30,31)23-11-4-3-9-20(23)25(21)28/h1-14H,15H2. The summed E-state index contributed by atoms with van der Waals surface area (Å²) in [5.41, 5.74) is 0.462. The molecule has 0 atom stereocenters.